The Morgan fingerprint density at radius 1 is 0.971 bits per heavy atom. The van der Waals surface area contributed by atoms with Crippen molar-refractivity contribution in [2.75, 3.05) is 6.54 Å². The molecule has 0 saturated carbocycles. The summed E-state index contributed by atoms with van der Waals surface area (Å²) in [7, 11) is 0. The molecule has 2 N–H and O–H groups in total. The second-order valence-corrected chi connectivity index (χ2v) is 8.00. The first-order valence-corrected chi connectivity index (χ1v) is 11.4. The third kappa shape index (κ3) is 8.51. The van der Waals surface area contributed by atoms with Crippen LogP contribution in [0.1, 0.15) is 63.9 Å². The predicted octanol–water partition coefficient (Wildman–Crippen LogP) is 2.37. The Morgan fingerprint density at radius 3 is 2.26 bits per heavy atom. The minimum atomic E-state index is -0.992. The SMILES string of the molecule is CCC(=O)C(CC(=O)CCC(=O)CCC(=O)CCCN)Oc1cccc(C)c1-c1cnnnn1. The fourth-order valence-electron chi connectivity index (χ4n) is 3.40. The average Bonchev–Trinajstić information content (AvgIpc) is 2.84. The van der Waals surface area contributed by atoms with E-state index in [0.717, 1.165) is 5.56 Å². The molecule has 10 heteroatoms. The lowest BCUT2D eigenvalue weighted by atomic mass is 10.00. The summed E-state index contributed by atoms with van der Waals surface area (Å²) in [5.74, 6) is -0.256. The van der Waals surface area contributed by atoms with Crippen LogP contribution in [-0.2, 0) is 19.2 Å². The van der Waals surface area contributed by atoms with Gasteiger partial charge in [0.05, 0.1) is 12.6 Å². The zero-order valence-electron chi connectivity index (χ0n) is 19.7. The maximum Gasteiger partial charge on any atom is 0.173 e. The van der Waals surface area contributed by atoms with E-state index in [4.69, 9.17) is 10.5 Å². The van der Waals surface area contributed by atoms with Crippen LogP contribution in [-0.4, -0.2) is 56.4 Å². The van der Waals surface area contributed by atoms with Gasteiger partial charge in [-0.25, -0.2) is 0 Å². The van der Waals surface area contributed by atoms with E-state index in [2.05, 4.69) is 20.6 Å². The molecule has 10 nitrogen and oxygen atoms in total. The molecule has 0 radical (unpaired) electrons. The topological polar surface area (TPSA) is 155 Å². The third-order valence-corrected chi connectivity index (χ3v) is 5.33. The molecule has 1 aromatic carbocycles. The number of benzene rings is 1. The van der Waals surface area contributed by atoms with Gasteiger partial charge in [0.1, 0.15) is 28.8 Å². The lowest BCUT2D eigenvalue weighted by Gasteiger charge is -2.20. The first-order chi connectivity index (χ1) is 16.3. The van der Waals surface area contributed by atoms with Gasteiger partial charge in [-0.3, -0.25) is 19.2 Å². The molecule has 0 aliphatic carbocycles. The van der Waals surface area contributed by atoms with Crippen molar-refractivity contribution in [3.8, 4) is 17.0 Å². The number of carbonyl (C=O) groups excluding carboxylic acids is 4. The summed E-state index contributed by atoms with van der Waals surface area (Å²) in [5.41, 5.74) is 7.26. The van der Waals surface area contributed by atoms with E-state index in [1.54, 1.807) is 19.1 Å². The van der Waals surface area contributed by atoms with E-state index >= 15 is 0 Å². The van der Waals surface area contributed by atoms with Crippen LogP contribution in [0, 0.1) is 6.92 Å². The summed E-state index contributed by atoms with van der Waals surface area (Å²) in [6.45, 7) is 3.99. The molecule has 1 atom stereocenters. The maximum atomic E-state index is 12.6. The Labute approximate surface area is 198 Å². The van der Waals surface area contributed by atoms with E-state index in [0.29, 0.717) is 36.4 Å². The Kier molecular flexibility index (Phi) is 11.0. The van der Waals surface area contributed by atoms with Gasteiger partial charge in [-0.05, 0) is 41.9 Å². The quantitative estimate of drug-likeness (QED) is 0.387. The van der Waals surface area contributed by atoms with E-state index < -0.39 is 6.10 Å². The number of aromatic nitrogens is 4. The number of nitrogens with zero attached hydrogens (tertiary/aromatic N) is 4. The van der Waals surface area contributed by atoms with E-state index in [9.17, 15) is 19.2 Å². The number of nitrogens with two attached hydrogens (primary N) is 1. The molecule has 0 fully saturated rings. The van der Waals surface area contributed by atoms with E-state index in [-0.39, 0.29) is 61.7 Å². The molecule has 1 aromatic heterocycles. The van der Waals surface area contributed by atoms with Gasteiger partial charge in [-0.15, -0.1) is 10.2 Å². The normalized spacial score (nSPS) is 11.6. The second-order valence-electron chi connectivity index (χ2n) is 8.00. The second kappa shape index (κ2) is 14.0. The van der Waals surface area contributed by atoms with Crippen molar-refractivity contribution in [3.63, 3.8) is 0 Å². The standard InChI is InChI=1S/C24H31N5O5/c1-3-21(33)23(14-19(32)12-11-18(31)10-9-17(30)7-5-13-25)34-22-8-4-6-16(2)24(22)20-15-26-28-29-27-20/h4,6,8,15,23H,3,5,7,9-14,25H2,1-2H3. The van der Waals surface area contributed by atoms with E-state index in [1.165, 1.54) is 6.20 Å². The fourth-order valence-corrected chi connectivity index (χ4v) is 3.40. The highest BCUT2D eigenvalue weighted by molar-refractivity contribution is 5.92. The molecule has 0 bridgehead atoms. The first-order valence-electron chi connectivity index (χ1n) is 11.4. The Morgan fingerprint density at radius 2 is 1.65 bits per heavy atom. The van der Waals surface area contributed by atoms with Crippen molar-refractivity contribution in [1.82, 2.24) is 20.6 Å². The molecule has 182 valence electrons. The third-order valence-electron chi connectivity index (χ3n) is 5.33. The van der Waals surface area contributed by atoms with Crippen LogP contribution in [0.5, 0.6) is 5.75 Å². The highest BCUT2D eigenvalue weighted by atomic mass is 16.5. The van der Waals surface area contributed by atoms with Crippen LogP contribution < -0.4 is 10.5 Å². The maximum absolute atomic E-state index is 12.6. The summed E-state index contributed by atoms with van der Waals surface area (Å²) >= 11 is 0. The predicted molar refractivity (Wildman–Crippen MR) is 124 cm³/mol. The summed E-state index contributed by atoms with van der Waals surface area (Å²) in [6, 6.07) is 5.33. The number of carbonyl (C=O) groups is 4. The highest BCUT2D eigenvalue weighted by Crippen LogP contribution is 2.32. The number of aryl methyl sites for hydroxylation is 1. The molecule has 2 rings (SSSR count). The molecule has 0 saturated heterocycles. The minimum Gasteiger partial charge on any atom is -0.481 e. The lowest BCUT2D eigenvalue weighted by molar-refractivity contribution is -0.131. The smallest absolute Gasteiger partial charge is 0.173 e. The van der Waals surface area contributed by atoms with Gasteiger partial charge < -0.3 is 10.5 Å². The lowest BCUT2D eigenvalue weighted by Crippen LogP contribution is -2.30. The minimum absolute atomic E-state index is 0.00446. The van der Waals surface area contributed by atoms with Gasteiger partial charge in [0, 0.05) is 44.1 Å². The van der Waals surface area contributed by atoms with Crippen LogP contribution in [0.25, 0.3) is 11.3 Å². The number of hydrogen-bond acceptors (Lipinski definition) is 10. The highest BCUT2D eigenvalue weighted by Gasteiger charge is 2.25. The summed E-state index contributed by atoms with van der Waals surface area (Å²) in [5, 5.41) is 14.7. The van der Waals surface area contributed by atoms with Crippen molar-refractivity contribution in [1.29, 1.82) is 0 Å². The summed E-state index contributed by atoms with van der Waals surface area (Å²) < 4.78 is 6.00. The Bertz CT molecular complexity index is 997. The van der Waals surface area contributed by atoms with Crippen LogP contribution >= 0.6 is 0 Å². The van der Waals surface area contributed by atoms with E-state index in [1.807, 2.05) is 13.0 Å². The Balaban J connectivity index is 2.01. The van der Waals surface area contributed by atoms with Crippen molar-refractivity contribution in [3.05, 3.63) is 30.0 Å². The molecule has 0 amide bonds. The molecule has 34 heavy (non-hydrogen) atoms. The first kappa shape index (κ1) is 26.8. The van der Waals surface area contributed by atoms with Gasteiger partial charge in [0.15, 0.2) is 11.9 Å². The van der Waals surface area contributed by atoms with Crippen molar-refractivity contribution in [2.45, 2.75) is 71.3 Å². The van der Waals surface area contributed by atoms with Crippen LogP contribution in [0.15, 0.2) is 24.4 Å². The number of rotatable bonds is 16. The molecule has 1 unspecified atom stereocenters. The van der Waals surface area contributed by atoms with Gasteiger partial charge in [-0.2, -0.15) is 0 Å². The monoisotopic (exact) mass is 469 g/mol. The van der Waals surface area contributed by atoms with Gasteiger partial charge >= 0.3 is 0 Å². The zero-order chi connectivity index (χ0) is 24.9. The molecular formula is C24H31N5O5. The van der Waals surface area contributed by atoms with Crippen molar-refractivity contribution < 1.29 is 23.9 Å². The summed E-state index contributed by atoms with van der Waals surface area (Å²) in [6.07, 6.45) is 1.76. The number of ketones is 4. The molecule has 0 aliphatic heterocycles. The molecular weight excluding hydrogens is 438 g/mol. The van der Waals surface area contributed by atoms with Crippen LogP contribution in [0.3, 0.4) is 0 Å². The van der Waals surface area contributed by atoms with Gasteiger partial charge in [0.25, 0.3) is 0 Å². The van der Waals surface area contributed by atoms with Crippen molar-refractivity contribution >= 4 is 23.1 Å². The molecule has 0 aliphatic rings. The van der Waals surface area contributed by atoms with Crippen LogP contribution in [0.2, 0.25) is 0 Å². The van der Waals surface area contributed by atoms with Crippen molar-refractivity contribution in [2.24, 2.45) is 5.73 Å². The molecule has 0 spiro atoms. The molecule has 1 heterocycles. The average molecular weight is 470 g/mol. The van der Waals surface area contributed by atoms with Crippen LogP contribution in [0.4, 0.5) is 0 Å². The Hall–Kier alpha value is -3.40. The molecule has 2 aromatic rings. The van der Waals surface area contributed by atoms with Gasteiger partial charge in [0.2, 0.25) is 0 Å². The number of hydrogen-bond donors (Lipinski definition) is 1. The number of Topliss-reactive ketones (excluding diaryl/α,β-unsaturated/α-hetero) is 4. The summed E-state index contributed by atoms with van der Waals surface area (Å²) in [4.78, 5) is 48.9. The zero-order valence-corrected chi connectivity index (χ0v) is 19.7. The van der Waals surface area contributed by atoms with Gasteiger partial charge in [-0.1, -0.05) is 19.1 Å². The number of ether oxygens (including phenoxy) is 1. The largest absolute Gasteiger partial charge is 0.481 e. The fraction of sp³-hybridized carbons (Fsp3) is 0.500.